The largest absolute Gasteiger partial charge is 0.319 e. The van der Waals surface area contributed by atoms with Crippen LogP contribution < -0.4 is 19.9 Å². The van der Waals surface area contributed by atoms with Gasteiger partial charge in [-0.3, -0.25) is 10.0 Å². The molecule has 0 amide bonds. The Morgan fingerprint density at radius 3 is 2.08 bits per heavy atom. The van der Waals surface area contributed by atoms with Crippen LogP contribution in [-0.4, -0.2) is 44.6 Å². The minimum absolute atomic E-state index is 0.990. The van der Waals surface area contributed by atoms with Crippen LogP contribution in [0.3, 0.4) is 0 Å². The fourth-order valence-electron chi connectivity index (χ4n) is 3.30. The van der Waals surface area contributed by atoms with Crippen LogP contribution in [0, 0.1) is 0 Å². The van der Waals surface area contributed by atoms with Gasteiger partial charge in [0.15, 0.2) is 18.9 Å². The van der Waals surface area contributed by atoms with E-state index in [0.717, 1.165) is 47.1 Å². The number of anilines is 2. The molecule has 1 heterocycles. The summed E-state index contributed by atoms with van der Waals surface area (Å²) >= 11 is 0. The molecule has 3 rings (SSSR count). The van der Waals surface area contributed by atoms with Gasteiger partial charge < -0.3 is 5.32 Å². The van der Waals surface area contributed by atoms with E-state index in [1.54, 1.807) is 0 Å². The van der Waals surface area contributed by atoms with Crippen molar-refractivity contribution < 1.29 is 9.88 Å². The highest BCUT2D eigenvalue weighted by atomic mass is 33.1. The molecule has 0 unspecified atom stereocenters. The number of nitrogens with zero attached hydrogens (tertiary/aromatic N) is 5. The molecule has 6 nitrogen and oxygen atoms in total. The highest BCUT2D eigenvalue weighted by Crippen LogP contribution is 2.19. The monoisotopic (exact) mass is 546 g/mol. The van der Waals surface area contributed by atoms with Crippen molar-refractivity contribution in [2.45, 2.75) is 13.5 Å². The molecular weight excluding hydrogens is 509 g/mol. The summed E-state index contributed by atoms with van der Waals surface area (Å²) in [6, 6.07) is 24.5. The Morgan fingerprint density at radius 1 is 0.842 bits per heavy atom. The van der Waals surface area contributed by atoms with Crippen molar-refractivity contribution in [3.63, 3.8) is 0 Å². The maximum Gasteiger partial charge on any atom is 0.169 e. The molecule has 0 aliphatic carbocycles. The van der Waals surface area contributed by atoms with Crippen LogP contribution >= 0.6 is 21.6 Å². The van der Waals surface area contributed by atoms with Gasteiger partial charge in [0, 0.05) is 31.8 Å². The quantitative estimate of drug-likeness (QED) is 0.0730. The fourth-order valence-corrected chi connectivity index (χ4v) is 5.27. The van der Waals surface area contributed by atoms with Crippen LogP contribution in [0.1, 0.15) is 12.5 Å². The summed E-state index contributed by atoms with van der Waals surface area (Å²) in [5.41, 5.74) is 4.31. The molecule has 0 saturated heterocycles. The van der Waals surface area contributed by atoms with Crippen molar-refractivity contribution >= 4 is 45.4 Å². The topological polar surface area (TPSA) is 51.7 Å². The Balaban J connectivity index is 1.26. The van der Waals surface area contributed by atoms with Crippen LogP contribution in [-0.2, 0) is 6.54 Å². The predicted octanol–water partition coefficient (Wildman–Crippen LogP) is 4.97. The van der Waals surface area contributed by atoms with Gasteiger partial charge in [-0.15, -0.1) is 0 Å². The number of aromatic nitrogens is 1. The minimum Gasteiger partial charge on any atom is -0.319 e. The lowest BCUT2D eigenvalue weighted by atomic mass is 10.3. The lowest BCUT2D eigenvalue weighted by molar-refractivity contribution is -0.692. The number of allylic oxidation sites excluding steroid dienone is 3. The van der Waals surface area contributed by atoms with Crippen LogP contribution in [0.2, 0.25) is 0 Å². The average molecular weight is 547 g/mol. The number of pyridine rings is 1. The first-order valence-electron chi connectivity index (χ1n) is 12.7. The van der Waals surface area contributed by atoms with Crippen molar-refractivity contribution in [2.75, 3.05) is 42.2 Å². The molecule has 198 valence electrons. The Labute approximate surface area is 235 Å². The van der Waals surface area contributed by atoms with E-state index in [4.69, 9.17) is 0 Å². The fraction of sp³-hybridized carbons (Fsp3) is 0.233. The standard InChI is InChI=1S/C30H37N6S2/c1-4-27(25-32-34(2)29-11-7-5-8-12-29)15-18-31-19-23-37-38-24-22-36-20-16-28(17-21-36)26-33-35(3)30-13-9-6-10-14-30/h4-18,20-21,25-26,31H,19,22-24H2,1-3H3/q+1/p+1. The molecule has 0 spiro atoms. The van der Waals surface area contributed by atoms with Crippen molar-refractivity contribution in [3.8, 4) is 0 Å². The molecule has 38 heavy (non-hydrogen) atoms. The maximum absolute atomic E-state index is 4.53. The molecule has 2 aromatic carbocycles. The highest BCUT2D eigenvalue weighted by molar-refractivity contribution is 8.76. The Kier molecular flexibility index (Phi) is 13.3. The third-order valence-corrected chi connectivity index (χ3v) is 8.00. The molecule has 1 aromatic heterocycles. The van der Waals surface area contributed by atoms with E-state index in [1.165, 1.54) is 0 Å². The van der Waals surface area contributed by atoms with Crippen LogP contribution in [0.25, 0.3) is 0 Å². The smallest absolute Gasteiger partial charge is 0.169 e. The third-order valence-electron chi connectivity index (χ3n) is 5.58. The zero-order valence-corrected chi connectivity index (χ0v) is 24.1. The number of hydrazone groups is 2. The van der Waals surface area contributed by atoms with E-state index in [1.807, 2.05) is 126 Å². The number of aryl methyl sites for hydroxylation is 1. The zero-order chi connectivity index (χ0) is 26.8. The van der Waals surface area contributed by atoms with E-state index in [2.05, 4.69) is 63.0 Å². The SMILES string of the molecule is CC=C(C=C[NH2+]CCSSCC[n+]1ccc(C=NN(C)c2ccccc2)cc1)C=NN(C)c1ccccc1. The summed E-state index contributed by atoms with van der Waals surface area (Å²) in [5.74, 6) is 2.17. The summed E-state index contributed by atoms with van der Waals surface area (Å²) < 4.78 is 2.22. The molecule has 0 bridgehead atoms. The molecule has 0 saturated carbocycles. The number of nitrogens with two attached hydrogens (primary N) is 1. The molecule has 3 aromatic rings. The van der Waals surface area contributed by atoms with E-state index in [-0.39, 0.29) is 0 Å². The van der Waals surface area contributed by atoms with Crippen molar-refractivity contribution in [1.82, 2.24) is 0 Å². The van der Waals surface area contributed by atoms with Crippen molar-refractivity contribution in [2.24, 2.45) is 10.2 Å². The summed E-state index contributed by atoms with van der Waals surface area (Å²) in [6.45, 7) is 4.07. The van der Waals surface area contributed by atoms with Gasteiger partial charge >= 0.3 is 0 Å². The second kappa shape index (κ2) is 17.2. The van der Waals surface area contributed by atoms with Gasteiger partial charge in [-0.25, -0.2) is 4.57 Å². The van der Waals surface area contributed by atoms with Gasteiger partial charge in [-0.2, -0.15) is 10.2 Å². The number of hydrogen-bond donors (Lipinski definition) is 1. The summed E-state index contributed by atoms with van der Waals surface area (Å²) in [7, 11) is 7.76. The molecule has 0 radical (unpaired) electrons. The second-order valence-electron chi connectivity index (χ2n) is 8.39. The molecule has 0 atom stereocenters. The van der Waals surface area contributed by atoms with Gasteiger partial charge in [-0.05, 0) is 42.8 Å². The van der Waals surface area contributed by atoms with Gasteiger partial charge in [0.05, 0.1) is 48.1 Å². The normalized spacial score (nSPS) is 12.1. The number of hydrogen-bond acceptors (Lipinski definition) is 6. The lowest BCUT2D eigenvalue weighted by Crippen LogP contribution is -2.78. The second-order valence-corrected chi connectivity index (χ2v) is 11.1. The number of rotatable bonds is 15. The van der Waals surface area contributed by atoms with Gasteiger partial charge in [0.25, 0.3) is 0 Å². The van der Waals surface area contributed by atoms with Crippen molar-refractivity contribution in [1.29, 1.82) is 0 Å². The van der Waals surface area contributed by atoms with Crippen LogP contribution in [0.4, 0.5) is 11.4 Å². The Bertz CT molecular complexity index is 1180. The molecule has 8 heteroatoms. The molecule has 0 aliphatic heterocycles. The van der Waals surface area contributed by atoms with E-state index in [0.29, 0.717) is 0 Å². The number of para-hydroxylation sites is 2. The molecular formula is C30H38N6S2+2. The van der Waals surface area contributed by atoms with Gasteiger partial charge in [-0.1, -0.05) is 64.1 Å². The highest BCUT2D eigenvalue weighted by Gasteiger charge is 2.02. The average Bonchev–Trinajstić information content (AvgIpc) is 2.97. The maximum atomic E-state index is 4.53. The Morgan fingerprint density at radius 2 is 1.45 bits per heavy atom. The number of quaternary nitrogens is 1. The molecule has 0 fully saturated rings. The summed E-state index contributed by atoms with van der Waals surface area (Å²) in [4.78, 5) is 0. The first-order chi connectivity index (χ1) is 18.7. The summed E-state index contributed by atoms with van der Waals surface area (Å²) in [6.07, 6.45) is 14.3. The van der Waals surface area contributed by atoms with Gasteiger partial charge in [0.1, 0.15) is 0 Å². The zero-order valence-electron chi connectivity index (χ0n) is 22.4. The Hall–Kier alpha value is -3.33. The van der Waals surface area contributed by atoms with E-state index < -0.39 is 0 Å². The predicted molar refractivity (Wildman–Crippen MR) is 167 cm³/mol. The first kappa shape index (κ1) is 29.2. The third kappa shape index (κ3) is 11.0. The molecule has 0 aliphatic rings. The van der Waals surface area contributed by atoms with Crippen LogP contribution in [0.5, 0.6) is 0 Å². The summed E-state index contributed by atoms with van der Waals surface area (Å²) in [5, 5.41) is 15.0. The van der Waals surface area contributed by atoms with Crippen LogP contribution in [0.15, 0.2) is 119 Å². The molecule has 2 N–H and O–H groups in total. The minimum atomic E-state index is 0.990. The van der Waals surface area contributed by atoms with Crippen molar-refractivity contribution in [3.05, 3.63) is 115 Å². The van der Waals surface area contributed by atoms with E-state index >= 15 is 0 Å². The number of benzene rings is 2. The van der Waals surface area contributed by atoms with Gasteiger partial charge in [0.2, 0.25) is 0 Å². The first-order valence-corrected chi connectivity index (χ1v) is 15.2. The lowest BCUT2D eigenvalue weighted by Gasteiger charge is -2.12. The van der Waals surface area contributed by atoms with E-state index in [9.17, 15) is 0 Å².